The summed E-state index contributed by atoms with van der Waals surface area (Å²) in [4.78, 5) is 2.18. The van der Waals surface area contributed by atoms with E-state index < -0.39 is 10.0 Å². The normalized spacial score (nSPS) is 11.7. The molecule has 5 nitrogen and oxygen atoms in total. The maximum absolute atomic E-state index is 11.9. The summed E-state index contributed by atoms with van der Waals surface area (Å²) in [6.07, 6.45) is 2.37. The third-order valence-electron chi connectivity index (χ3n) is 2.56. The highest BCUT2D eigenvalue weighted by Crippen LogP contribution is 2.25. The van der Waals surface area contributed by atoms with Gasteiger partial charge in [-0.3, -0.25) is 0 Å². The number of hydrazone groups is 1. The van der Waals surface area contributed by atoms with Crippen LogP contribution in [0.1, 0.15) is 18.9 Å². The zero-order chi connectivity index (χ0) is 16.0. The van der Waals surface area contributed by atoms with Crippen molar-refractivity contribution in [3.05, 3.63) is 45.7 Å². The Kier molecular flexibility index (Phi) is 5.98. The van der Waals surface area contributed by atoms with Crippen molar-refractivity contribution in [3.8, 4) is 5.75 Å². The van der Waals surface area contributed by atoms with Crippen LogP contribution in [0.4, 0.5) is 0 Å². The van der Waals surface area contributed by atoms with Gasteiger partial charge in [0.25, 0.3) is 10.0 Å². The topological polar surface area (TPSA) is 67.8 Å². The molecule has 118 valence electrons. The summed E-state index contributed by atoms with van der Waals surface area (Å²) in [5, 5.41) is 5.48. The quantitative estimate of drug-likeness (QED) is 0.567. The molecule has 22 heavy (non-hydrogen) atoms. The van der Waals surface area contributed by atoms with Crippen LogP contribution in [-0.2, 0) is 10.0 Å². The van der Waals surface area contributed by atoms with Crippen molar-refractivity contribution in [3.63, 3.8) is 0 Å². The molecule has 0 spiro atoms. The molecule has 0 bridgehead atoms. The van der Waals surface area contributed by atoms with E-state index in [-0.39, 0.29) is 4.21 Å². The monoisotopic (exact) mass is 402 g/mol. The maximum atomic E-state index is 11.9. The van der Waals surface area contributed by atoms with Crippen LogP contribution in [-0.4, -0.2) is 21.2 Å². The van der Waals surface area contributed by atoms with Crippen LogP contribution >= 0.6 is 27.3 Å². The first kappa shape index (κ1) is 17.0. The van der Waals surface area contributed by atoms with Crippen LogP contribution in [0.2, 0.25) is 0 Å². The third-order valence-corrected chi connectivity index (χ3v) is 5.80. The van der Waals surface area contributed by atoms with E-state index in [0.717, 1.165) is 33.5 Å². The number of sulfonamides is 1. The van der Waals surface area contributed by atoms with Crippen LogP contribution in [0.25, 0.3) is 0 Å². The van der Waals surface area contributed by atoms with Gasteiger partial charge in [-0.15, -0.1) is 11.3 Å². The Hall–Kier alpha value is -1.38. The van der Waals surface area contributed by atoms with E-state index in [1.807, 2.05) is 19.1 Å². The fourth-order valence-electron chi connectivity index (χ4n) is 1.56. The number of thiophene rings is 1. The lowest BCUT2D eigenvalue weighted by Crippen LogP contribution is -2.17. The molecule has 0 atom stereocenters. The highest BCUT2D eigenvalue weighted by Gasteiger charge is 2.13. The van der Waals surface area contributed by atoms with Crippen molar-refractivity contribution < 1.29 is 13.2 Å². The number of nitrogens with zero attached hydrogens (tertiary/aromatic N) is 1. The highest BCUT2D eigenvalue weighted by atomic mass is 79.9. The molecule has 1 N–H and O–H groups in total. The Morgan fingerprint density at radius 2 is 2.23 bits per heavy atom. The Balaban J connectivity index is 2.03. The largest absolute Gasteiger partial charge is 0.492 e. The zero-order valence-electron chi connectivity index (χ0n) is 11.8. The Labute approximate surface area is 142 Å². The van der Waals surface area contributed by atoms with Crippen LogP contribution in [0.3, 0.4) is 0 Å². The molecule has 8 heteroatoms. The summed E-state index contributed by atoms with van der Waals surface area (Å²) in [7, 11) is -3.58. The van der Waals surface area contributed by atoms with Gasteiger partial charge in [0.1, 0.15) is 9.96 Å². The fraction of sp³-hybridized carbons (Fsp3) is 0.214. The molecular weight excluding hydrogens is 388 g/mol. The van der Waals surface area contributed by atoms with Gasteiger partial charge in [-0.1, -0.05) is 13.0 Å². The third kappa shape index (κ3) is 4.56. The predicted octanol–water partition coefficient (Wildman–Crippen LogP) is 3.61. The lowest BCUT2D eigenvalue weighted by Gasteiger charge is -2.07. The van der Waals surface area contributed by atoms with E-state index in [2.05, 4.69) is 25.9 Å². The van der Waals surface area contributed by atoms with E-state index in [9.17, 15) is 8.42 Å². The molecule has 0 aliphatic heterocycles. The van der Waals surface area contributed by atoms with Gasteiger partial charge in [0.05, 0.1) is 17.3 Å². The second kappa shape index (κ2) is 7.75. The van der Waals surface area contributed by atoms with Crippen LogP contribution in [0.5, 0.6) is 5.75 Å². The number of nitrogens with one attached hydrogen (secondary N) is 1. The second-order valence-electron chi connectivity index (χ2n) is 4.32. The average molecular weight is 403 g/mol. The second-order valence-corrected chi connectivity index (χ2v) is 8.01. The number of hydrogen-bond acceptors (Lipinski definition) is 5. The number of benzene rings is 1. The van der Waals surface area contributed by atoms with Gasteiger partial charge in [0.15, 0.2) is 0 Å². The van der Waals surface area contributed by atoms with Gasteiger partial charge in [-0.25, -0.2) is 0 Å². The van der Waals surface area contributed by atoms with Crippen LogP contribution < -0.4 is 9.57 Å². The first-order valence-corrected chi connectivity index (χ1v) is 9.69. The molecule has 1 aromatic carbocycles. The molecule has 0 saturated carbocycles. The summed E-state index contributed by atoms with van der Waals surface area (Å²) < 4.78 is 30.3. The van der Waals surface area contributed by atoms with Gasteiger partial charge in [0, 0.05) is 0 Å². The van der Waals surface area contributed by atoms with Gasteiger partial charge in [-0.2, -0.15) is 18.4 Å². The molecule has 0 amide bonds. The Bertz CT molecular complexity index is 743. The number of halogens is 1. The van der Waals surface area contributed by atoms with Crippen molar-refractivity contribution in [1.82, 2.24) is 4.83 Å². The van der Waals surface area contributed by atoms with E-state index in [1.165, 1.54) is 12.3 Å². The highest BCUT2D eigenvalue weighted by molar-refractivity contribution is 9.10. The number of rotatable bonds is 7. The maximum Gasteiger partial charge on any atom is 0.286 e. The van der Waals surface area contributed by atoms with Gasteiger partial charge < -0.3 is 4.74 Å². The molecule has 1 aromatic heterocycles. The first-order valence-electron chi connectivity index (χ1n) is 6.53. The Morgan fingerprint density at radius 3 is 2.86 bits per heavy atom. The summed E-state index contributed by atoms with van der Waals surface area (Å²) in [6.45, 7) is 2.68. The molecule has 0 fully saturated rings. The fourth-order valence-corrected chi connectivity index (χ4v) is 3.84. The summed E-state index contributed by atoms with van der Waals surface area (Å²) >= 11 is 4.56. The molecule has 0 aliphatic rings. The average Bonchev–Trinajstić information content (AvgIpc) is 3.01. The van der Waals surface area contributed by atoms with E-state index in [4.69, 9.17) is 4.74 Å². The SMILES string of the molecule is CCCOc1ccc(/C=N/NS(=O)(=O)c2cccs2)cc1Br. The first-order chi connectivity index (χ1) is 10.5. The van der Waals surface area contributed by atoms with Crippen molar-refractivity contribution >= 4 is 43.5 Å². The molecule has 0 aliphatic carbocycles. The lowest BCUT2D eigenvalue weighted by molar-refractivity contribution is 0.315. The van der Waals surface area contributed by atoms with Gasteiger partial charge in [-0.05, 0) is 57.6 Å². The van der Waals surface area contributed by atoms with Crippen molar-refractivity contribution in [2.45, 2.75) is 17.6 Å². The lowest BCUT2D eigenvalue weighted by atomic mass is 10.2. The minimum atomic E-state index is -3.58. The van der Waals surface area contributed by atoms with Crippen molar-refractivity contribution in [2.24, 2.45) is 5.10 Å². The number of hydrogen-bond donors (Lipinski definition) is 1. The molecule has 0 unspecified atom stereocenters. The minimum absolute atomic E-state index is 0.231. The van der Waals surface area contributed by atoms with Gasteiger partial charge in [0.2, 0.25) is 0 Å². The summed E-state index contributed by atoms with van der Waals surface area (Å²) in [6, 6.07) is 8.63. The molecule has 1 heterocycles. The van der Waals surface area contributed by atoms with E-state index in [1.54, 1.807) is 17.5 Å². The zero-order valence-corrected chi connectivity index (χ0v) is 15.0. The van der Waals surface area contributed by atoms with Gasteiger partial charge >= 0.3 is 0 Å². The predicted molar refractivity (Wildman–Crippen MR) is 92.2 cm³/mol. The Morgan fingerprint density at radius 1 is 1.41 bits per heavy atom. The number of ether oxygens (including phenoxy) is 1. The minimum Gasteiger partial charge on any atom is -0.492 e. The smallest absolute Gasteiger partial charge is 0.286 e. The van der Waals surface area contributed by atoms with E-state index >= 15 is 0 Å². The standard InChI is InChI=1S/C14H15BrN2O3S2/c1-2-7-20-13-6-5-11(9-12(13)15)10-16-17-22(18,19)14-4-3-8-21-14/h3-6,8-10,17H,2,7H2,1H3/b16-10+. The van der Waals surface area contributed by atoms with Crippen LogP contribution in [0.15, 0.2) is 49.5 Å². The molecule has 0 saturated heterocycles. The molecular formula is C14H15BrN2O3S2. The van der Waals surface area contributed by atoms with Crippen molar-refractivity contribution in [2.75, 3.05) is 6.61 Å². The molecule has 0 radical (unpaired) electrons. The molecule has 2 aromatic rings. The van der Waals surface area contributed by atoms with Crippen molar-refractivity contribution in [1.29, 1.82) is 0 Å². The summed E-state index contributed by atoms with van der Waals surface area (Å²) in [5.74, 6) is 0.748. The molecule has 2 rings (SSSR count). The van der Waals surface area contributed by atoms with E-state index in [0.29, 0.717) is 6.61 Å². The summed E-state index contributed by atoms with van der Waals surface area (Å²) in [5.41, 5.74) is 0.754. The van der Waals surface area contributed by atoms with Crippen LogP contribution in [0, 0.1) is 0 Å².